The molecule has 3 aliphatic rings. The van der Waals surface area contributed by atoms with Crippen LogP contribution in [0.4, 0.5) is 0 Å². The minimum atomic E-state index is -0.216. The number of hydrogen-bond donors (Lipinski definition) is 0. The van der Waals surface area contributed by atoms with Gasteiger partial charge in [0.15, 0.2) is 0 Å². The van der Waals surface area contributed by atoms with E-state index in [1.807, 2.05) is 0 Å². The summed E-state index contributed by atoms with van der Waals surface area (Å²) in [5, 5.41) is 0. The van der Waals surface area contributed by atoms with Crippen LogP contribution in [0.2, 0.25) is 0 Å². The summed E-state index contributed by atoms with van der Waals surface area (Å²) in [5.41, 5.74) is 0. The fourth-order valence-corrected chi connectivity index (χ4v) is 5.25. The van der Waals surface area contributed by atoms with Gasteiger partial charge in [-0.3, -0.25) is 4.67 Å². The minimum absolute atomic E-state index is 0.216. The Bertz CT molecular complexity index is 209. The van der Waals surface area contributed by atoms with Crippen LogP contribution in [-0.4, -0.2) is 30.0 Å². The van der Waals surface area contributed by atoms with Gasteiger partial charge in [-0.25, -0.2) is 0 Å². The topological polar surface area (TPSA) is 12.5 Å². The molecule has 3 rings (SSSR count). The summed E-state index contributed by atoms with van der Waals surface area (Å²) in [7, 11) is -0.216. The molecule has 0 amide bonds. The molecular formula is C10H18NOP. The zero-order valence-electron chi connectivity index (χ0n) is 8.28. The van der Waals surface area contributed by atoms with Gasteiger partial charge in [-0.05, 0) is 31.8 Å². The van der Waals surface area contributed by atoms with Gasteiger partial charge in [-0.2, -0.15) is 0 Å². The number of hydrogen-bond acceptors (Lipinski definition) is 2. The van der Waals surface area contributed by atoms with E-state index < -0.39 is 0 Å². The maximum atomic E-state index is 5.76. The lowest BCUT2D eigenvalue weighted by Gasteiger charge is -2.32. The smallest absolute Gasteiger partial charge is 0.101 e. The summed E-state index contributed by atoms with van der Waals surface area (Å²) < 4.78 is 8.48. The Balaban J connectivity index is 1.81. The van der Waals surface area contributed by atoms with Crippen molar-refractivity contribution >= 4 is 8.30 Å². The zero-order valence-corrected chi connectivity index (χ0v) is 9.17. The summed E-state index contributed by atoms with van der Waals surface area (Å²) in [6.07, 6.45) is 7.28. The third-order valence-corrected chi connectivity index (χ3v) is 5.73. The molecule has 0 bridgehead atoms. The number of rotatable bonds is 0. The molecule has 2 aliphatic heterocycles. The Morgan fingerprint density at radius 3 is 3.08 bits per heavy atom. The standard InChI is InChI=1S/C10H18NOP/c1-13-11-9(7-12-13)6-8-4-2-3-5-10(8)11/h8-10H,2-7H2,1H3/t8-,9+,10-,13?/m0/s1. The molecule has 13 heavy (non-hydrogen) atoms. The second-order valence-corrected chi connectivity index (χ2v) is 6.29. The van der Waals surface area contributed by atoms with Crippen LogP contribution in [0.5, 0.6) is 0 Å². The fourth-order valence-electron chi connectivity index (χ4n) is 3.38. The zero-order chi connectivity index (χ0) is 8.84. The van der Waals surface area contributed by atoms with Crippen LogP contribution < -0.4 is 0 Å². The summed E-state index contributed by atoms with van der Waals surface area (Å²) in [4.78, 5) is 0. The first-order valence-corrected chi connectivity index (χ1v) is 7.17. The van der Waals surface area contributed by atoms with Crippen molar-refractivity contribution < 1.29 is 4.52 Å². The van der Waals surface area contributed by atoms with Gasteiger partial charge in [0.05, 0.1) is 6.61 Å². The Morgan fingerprint density at radius 2 is 2.15 bits per heavy atom. The molecule has 0 spiro atoms. The average molecular weight is 199 g/mol. The van der Waals surface area contributed by atoms with E-state index in [0.29, 0.717) is 0 Å². The monoisotopic (exact) mass is 199 g/mol. The maximum Gasteiger partial charge on any atom is 0.101 e. The Morgan fingerprint density at radius 1 is 1.31 bits per heavy atom. The number of fused-ring (bicyclic) bond motifs is 3. The molecule has 0 N–H and O–H groups in total. The molecule has 0 aromatic rings. The highest BCUT2D eigenvalue weighted by Crippen LogP contribution is 2.56. The van der Waals surface area contributed by atoms with Crippen molar-refractivity contribution in [1.82, 2.24) is 4.67 Å². The lowest BCUT2D eigenvalue weighted by Crippen LogP contribution is -2.32. The predicted molar refractivity (Wildman–Crippen MR) is 54.8 cm³/mol. The van der Waals surface area contributed by atoms with Gasteiger partial charge >= 0.3 is 0 Å². The van der Waals surface area contributed by atoms with Crippen LogP contribution in [0.1, 0.15) is 32.1 Å². The van der Waals surface area contributed by atoms with Gasteiger partial charge < -0.3 is 4.52 Å². The van der Waals surface area contributed by atoms with Crippen molar-refractivity contribution in [2.24, 2.45) is 5.92 Å². The highest BCUT2D eigenvalue weighted by Gasteiger charge is 2.47. The van der Waals surface area contributed by atoms with Crippen molar-refractivity contribution in [3.05, 3.63) is 0 Å². The molecule has 1 saturated carbocycles. The van der Waals surface area contributed by atoms with Crippen LogP contribution in [0.3, 0.4) is 0 Å². The van der Waals surface area contributed by atoms with Crippen molar-refractivity contribution in [2.75, 3.05) is 13.3 Å². The van der Waals surface area contributed by atoms with Gasteiger partial charge in [0.25, 0.3) is 0 Å². The largest absolute Gasteiger partial charge is 0.342 e. The molecule has 3 fully saturated rings. The third-order valence-electron chi connectivity index (χ3n) is 3.94. The van der Waals surface area contributed by atoms with Gasteiger partial charge in [-0.15, -0.1) is 0 Å². The van der Waals surface area contributed by atoms with Crippen LogP contribution in [0.25, 0.3) is 0 Å². The predicted octanol–water partition coefficient (Wildman–Crippen LogP) is 2.59. The van der Waals surface area contributed by atoms with Crippen LogP contribution in [0.15, 0.2) is 0 Å². The molecule has 2 nitrogen and oxygen atoms in total. The van der Waals surface area contributed by atoms with Crippen molar-refractivity contribution in [3.63, 3.8) is 0 Å². The maximum absolute atomic E-state index is 5.76. The average Bonchev–Trinajstić information content (AvgIpc) is 2.66. The fraction of sp³-hybridized carbons (Fsp3) is 1.00. The van der Waals surface area contributed by atoms with E-state index in [-0.39, 0.29) is 8.30 Å². The molecule has 2 saturated heterocycles. The third kappa shape index (κ3) is 1.26. The first-order valence-electron chi connectivity index (χ1n) is 5.51. The van der Waals surface area contributed by atoms with E-state index in [4.69, 9.17) is 4.52 Å². The van der Waals surface area contributed by atoms with Crippen LogP contribution >= 0.6 is 8.30 Å². The summed E-state index contributed by atoms with van der Waals surface area (Å²) in [6, 6.07) is 1.70. The van der Waals surface area contributed by atoms with E-state index in [9.17, 15) is 0 Å². The highest BCUT2D eigenvalue weighted by molar-refractivity contribution is 7.49. The molecule has 1 unspecified atom stereocenters. The van der Waals surface area contributed by atoms with E-state index >= 15 is 0 Å². The molecule has 3 heteroatoms. The summed E-state index contributed by atoms with van der Waals surface area (Å²) in [6.45, 7) is 3.31. The van der Waals surface area contributed by atoms with Crippen LogP contribution in [0, 0.1) is 5.92 Å². The van der Waals surface area contributed by atoms with Gasteiger partial charge in [0.2, 0.25) is 0 Å². The molecule has 0 radical (unpaired) electrons. The Kier molecular flexibility index (Phi) is 2.12. The molecule has 2 heterocycles. The van der Waals surface area contributed by atoms with Crippen molar-refractivity contribution in [2.45, 2.75) is 44.2 Å². The SMILES string of the molecule is CP1OC[C@H]2C[C@@H]3CCCC[C@@H]3N21. The first kappa shape index (κ1) is 8.64. The Labute approximate surface area is 81.5 Å². The van der Waals surface area contributed by atoms with Gasteiger partial charge in [0, 0.05) is 12.1 Å². The normalized spacial score (nSPS) is 50.5. The van der Waals surface area contributed by atoms with E-state index in [0.717, 1.165) is 24.6 Å². The van der Waals surface area contributed by atoms with Crippen molar-refractivity contribution in [3.8, 4) is 0 Å². The quantitative estimate of drug-likeness (QED) is 0.556. The van der Waals surface area contributed by atoms with E-state index in [1.54, 1.807) is 0 Å². The second-order valence-electron chi connectivity index (χ2n) is 4.64. The molecule has 1 aliphatic carbocycles. The van der Waals surface area contributed by atoms with Gasteiger partial charge in [0.1, 0.15) is 8.30 Å². The summed E-state index contributed by atoms with van der Waals surface area (Å²) in [5.74, 6) is 1.02. The van der Waals surface area contributed by atoms with Crippen LogP contribution in [-0.2, 0) is 4.52 Å². The lowest BCUT2D eigenvalue weighted by molar-refractivity contribution is 0.262. The Hall–Kier alpha value is 0.350. The molecule has 74 valence electrons. The van der Waals surface area contributed by atoms with Crippen molar-refractivity contribution in [1.29, 1.82) is 0 Å². The highest BCUT2D eigenvalue weighted by atomic mass is 31.2. The summed E-state index contributed by atoms with van der Waals surface area (Å²) >= 11 is 0. The molecule has 0 aromatic heterocycles. The molecule has 4 atom stereocenters. The van der Waals surface area contributed by atoms with E-state index in [2.05, 4.69) is 11.3 Å². The molecule has 0 aromatic carbocycles. The molecular weight excluding hydrogens is 181 g/mol. The van der Waals surface area contributed by atoms with E-state index in [1.165, 1.54) is 32.1 Å². The lowest BCUT2D eigenvalue weighted by atomic mass is 9.85. The first-order chi connectivity index (χ1) is 6.36. The number of nitrogens with zero attached hydrogens (tertiary/aromatic N) is 1. The van der Waals surface area contributed by atoms with Gasteiger partial charge in [-0.1, -0.05) is 12.8 Å². The minimum Gasteiger partial charge on any atom is -0.342 e. The second kappa shape index (κ2) is 3.18.